The molecule has 4 aromatic rings. The first kappa shape index (κ1) is 13.8. The number of fused-ring (bicyclic) bond motifs is 3. The molecule has 0 saturated carbocycles. The molecule has 23 heavy (non-hydrogen) atoms. The molecule has 1 aromatic heterocycles. The number of para-hydroxylation sites is 1. The van der Waals surface area contributed by atoms with Crippen molar-refractivity contribution in [1.82, 2.24) is 4.98 Å². The van der Waals surface area contributed by atoms with Gasteiger partial charge in [-0.25, -0.2) is 0 Å². The highest BCUT2D eigenvalue weighted by Gasteiger charge is 2.10. The monoisotopic (exact) mass is 299 g/mol. The molecule has 0 radical (unpaired) electrons. The number of hydrogen-bond acceptors (Lipinski definition) is 2. The molecule has 2 heteroatoms. The van der Waals surface area contributed by atoms with Crippen LogP contribution >= 0.6 is 0 Å². The average molecular weight is 299 g/mol. The van der Waals surface area contributed by atoms with E-state index in [1.807, 2.05) is 18.2 Å². The van der Waals surface area contributed by atoms with Crippen molar-refractivity contribution in [3.63, 3.8) is 0 Å². The minimum atomic E-state index is 0.815. The lowest BCUT2D eigenvalue weighted by Crippen LogP contribution is -1.96. The van der Waals surface area contributed by atoms with Gasteiger partial charge in [-0.15, -0.1) is 0 Å². The number of ether oxygens (including phenoxy) is 1. The fourth-order valence-corrected chi connectivity index (χ4v) is 3.05. The molecular weight excluding hydrogens is 282 g/mol. The van der Waals surface area contributed by atoms with Crippen LogP contribution in [0.5, 0.6) is 5.75 Å². The van der Waals surface area contributed by atoms with Crippen molar-refractivity contribution in [1.29, 1.82) is 0 Å². The second-order valence-corrected chi connectivity index (χ2v) is 5.65. The van der Waals surface area contributed by atoms with E-state index in [0.29, 0.717) is 0 Å². The lowest BCUT2D eigenvalue weighted by Gasteiger charge is -2.11. The van der Waals surface area contributed by atoms with Gasteiger partial charge in [-0.2, -0.15) is 0 Å². The minimum Gasteiger partial charge on any atom is -0.497 e. The third kappa shape index (κ3) is 2.53. The van der Waals surface area contributed by atoms with Crippen molar-refractivity contribution in [2.24, 2.45) is 0 Å². The zero-order valence-corrected chi connectivity index (χ0v) is 13.0. The Morgan fingerprint density at radius 3 is 2.39 bits per heavy atom. The van der Waals surface area contributed by atoms with Crippen LogP contribution in [0.4, 0.5) is 0 Å². The molecule has 0 atom stereocenters. The molecule has 2 nitrogen and oxygen atoms in total. The molecular formula is C21H17NO. The summed E-state index contributed by atoms with van der Waals surface area (Å²) in [6, 6.07) is 25.0. The maximum absolute atomic E-state index is 5.41. The Hall–Kier alpha value is -2.87. The van der Waals surface area contributed by atoms with Crippen molar-refractivity contribution in [2.75, 3.05) is 7.11 Å². The molecule has 0 bridgehead atoms. The Bertz CT molecular complexity index is 977. The van der Waals surface area contributed by atoms with Crippen LogP contribution in [-0.2, 0) is 6.42 Å². The molecule has 112 valence electrons. The van der Waals surface area contributed by atoms with E-state index >= 15 is 0 Å². The van der Waals surface area contributed by atoms with Crippen LogP contribution in [-0.4, -0.2) is 12.1 Å². The van der Waals surface area contributed by atoms with Crippen LogP contribution < -0.4 is 4.74 Å². The van der Waals surface area contributed by atoms with E-state index in [0.717, 1.165) is 28.8 Å². The van der Waals surface area contributed by atoms with Crippen LogP contribution in [0.25, 0.3) is 21.7 Å². The largest absolute Gasteiger partial charge is 0.497 e. The molecule has 0 amide bonds. The first-order valence-corrected chi connectivity index (χ1v) is 7.74. The van der Waals surface area contributed by atoms with E-state index in [1.54, 1.807) is 7.11 Å². The molecule has 0 spiro atoms. The third-order valence-corrected chi connectivity index (χ3v) is 4.20. The molecule has 4 rings (SSSR count). The van der Waals surface area contributed by atoms with Gasteiger partial charge in [0.1, 0.15) is 5.75 Å². The number of hydrogen-bond donors (Lipinski definition) is 0. The Balaban J connectivity index is 1.99. The predicted molar refractivity (Wildman–Crippen MR) is 95.0 cm³/mol. The predicted octanol–water partition coefficient (Wildman–Crippen LogP) is 4.99. The molecule has 0 unspecified atom stereocenters. The summed E-state index contributed by atoms with van der Waals surface area (Å²) in [5.41, 5.74) is 3.39. The number of nitrogens with zero attached hydrogens (tertiary/aromatic N) is 1. The Labute approximate surface area is 135 Å². The molecule has 0 aliphatic carbocycles. The van der Waals surface area contributed by atoms with Crippen molar-refractivity contribution >= 4 is 21.7 Å². The van der Waals surface area contributed by atoms with Crippen LogP contribution in [0.15, 0.2) is 72.8 Å². The van der Waals surface area contributed by atoms with Gasteiger partial charge in [-0.1, -0.05) is 48.5 Å². The van der Waals surface area contributed by atoms with E-state index in [-0.39, 0.29) is 0 Å². The maximum atomic E-state index is 5.41. The standard InChI is InChI=1S/C21H17NO/c1-23-16-11-12-17-18-9-5-6-10-20(18)22-21(19(17)14-16)13-15-7-3-2-4-8-15/h2-12,14H,13H2,1H3. The van der Waals surface area contributed by atoms with Gasteiger partial charge in [0, 0.05) is 17.2 Å². The molecule has 0 aliphatic heterocycles. The molecule has 0 fully saturated rings. The Morgan fingerprint density at radius 1 is 0.783 bits per heavy atom. The van der Waals surface area contributed by atoms with Gasteiger partial charge in [0.25, 0.3) is 0 Å². The van der Waals surface area contributed by atoms with Gasteiger partial charge in [0.05, 0.1) is 18.3 Å². The van der Waals surface area contributed by atoms with Gasteiger partial charge in [-0.3, -0.25) is 4.98 Å². The van der Waals surface area contributed by atoms with Crippen LogP contribution in [0.2, 0.25) is 0 Å². The summed E-state index contributed by atoms with van der Waals surface area (Å²) in [6.07, 6.45) is 0.815. The fourth-order valence-electron chi connectivity index (χ4n) is 3.05. The quantitative estimate of drug-likeness (QED) is 0.497. The third-order valence-electron chi connectivity index (χ3n) is 4.20. The molecule has 0 N–H and O–H groups in total. The normalized spacial score (nSPS) is 11.0. The first-order chi connectivity index (χ1) is 11.3. The van der Waals surface area contributed by atoms with E-state index in [2.05, 4.69) is 54.6 Å². The van der Waals surface area contributed by atoms with Crippen molar-refractivity contribution in [3.8, 4) is 5.75 Å². The second kappa shape index (κ2) is 5.73. The second-order valence-electron chi connectivity index (χ2n) is 5.65. The number of benzene rings is 3. The SMILES string of the molecule is COc1ccc2c(c1)c(Cc1ccccc1)nc1ccccc12. The summed E-state index contributed by atoms with van der Waals surface area (Å²) in [5, 5.41) is 3.57. The highest BCUT2D eigenvalue weighted by Crippen LogP contribution is 2.30. The molecule has 1 heterocycles. The highest BCUT2D eigenvalue weighted by atomic mass is 16.5. The lowest BCUT2D eigenvalue weighted by atomic mass is 10.00. The number of methoxy groups -OCH3 is 1. The zero-order valence-electron chi connectivity index (χ0n) is 13.0. The van der Waals surface area contributed by atoms with Crippen molar-refractivity contribution in [2.45, 2.75) is 6.42 Å². The zero-order chi connectivity index (χ0) is 15.6. The molecule has 0 aliphatic rings. The number of rotatable bonds is 3. The highest BCUT2D eigenvalue weighted by molar-refractivity contribution is 6.07. The Morgan fingerprint density at radius 2 is 1.57 bits per heavy atom. The van der Waals surface area contributed by atoms with E-state index in [9.17, 15) is 0 Å². The summed E-state index contributed by atoms with van der Waals surface area (Å²) in [4.78, 5) is 4.92. The topological polar surface area (TPSA) is 22.1 Å². The fraction of sp³-hybridized carbons (Fsp3) is 0.0952. The molecule has 0 saturated heterocycles. The number of aromatic nitrogens is 1. The van der Waals surface area contributed by atoms with Crippen LogP contribution in [0.1, 0.15) is 11.3 Å². The number of pyridine rings is 1. The van der Waals surface area contributed by atoms with Gasteiger partial charge in [0.15, 0.2) is 0 Å². The van der Waals surface area contributed by atoms with Gasteiger partial charge in [0.2, 0.25) is 0 Å². The van der Waals surface area contributed by atoms with Gasteiger partial charge in [-0.05, 0) is 35.2 Å². The van der Waals surface area contributed by atoms with Crippen LogP contribution in [0, 0.1) is 0 Å². The van der Waals surface area contributed by atoms with Crippen LogP contribution in [0.3, 0.4) is 0 Å². The smallest absolute Gasteiger partial charge is 0.119 e. The Kier molecular flexibility index (Phi) is 3.43. The van der Waals surface area contributed by atoms with Crippen molar-refractivity contribution < 1.29 is 4.74 Å². The average Bonchev–Trinajstić information content (AvgIpc) is 2.62. The van der Waals surface area contributed by atoms with Gasteiger partial charge >= 0.3 is 0 Å². The van der Waals surface area contributed by atoms with E-state index in [4.69, 9.17) is 9.72 Å². The summed E-state index contributed by atoms with van der Waals surface area (Å²) in [7, 11) is 1.70. The lowest BCUT2D eigenvalue weighted by molar-refractivity contribution is 0.415. The summed E-state index contributed by atoms with van der Waals surface area (Å²) >= 11 is 0. The first-order valence-electron chi connectivity index (χ1n) is 7.74. The van der Waals surface area contributed by atoms with Crippen molar-refractivity contribution in [3.05, 3.63) is 84.1 Å². The maximum Gasteiger partial charge on any atom is 0.119 e. The molecule has 3 aromatic carbocycles. The van der Waals surface area contributed by atoms with E-state index in [1.165, 1.54) is 16.3 Å². The summed E-state index contributed by atoms with van der Waals surface area (Å²) in [5.74, 6) is 0.865. The van der Waals surface area contributed by atoms with Gasteiger partial charge < -0.3 is 4.74 Å². The summed E-state index contributed by atoms with van der Waals surface area (Å²) < 4.78 is 5.41. The van der Waals surface area contributed by atoms with E-state index < -0.39 is 0 Å². The summed E-state index contributed by atoms with van der Waals surface area (Å²) in [6.45, 7) is 0. The minimum absolute atomic E-state index is 0.815.